The average Bonchev–Trinajstić information content (AvgIpc) is 2.34. The van der Waals surface area contributed by atoms with Gasteiger partial charge in [0.15, 0.2) is 6.10 Å². The summed E-state index contributed by atoms with van der Waals surface area (Å²) in [7, 11) is 0. The summed E-state index contributed by atoms with van der Waals surface area (Å²) >= 11 is 1.47. The molecule has 0 radical (unpaired) electrons. The third-order valence-electron chi connectivity index (χ3n) is 2.49. The maximum atomic E-state index is 10.8. The van der Waals surface area contributed by atoms with E-state index in [0.717, 1.165) is 4.90 Å². The van der Waals surface area contributed by atoms with Crippen LogP contribution in [0.4, 0.5) is 0 Å². The Labute approximate surface area is 108 Å². The van der Waals surface area contributed by atoms with Crippen molar-refractivity contribution >= 4 is 23.7 Å². The van der Waals surface area contributed by atoms with E-state index < -0.39 is 18.0 Å². The Hall–Kier alpha value is -1.53. The van der Waals surface area contributed by atoms with Gasteiger partial charge in [0.25, 0.3) is 0 Å². The van der Waals surface area contributed by atoms with Gasteiger partial charge >= 0.3 is 11.9 Å². The molecule has 1 unspecified atom stereocenters. The number of aliphatic hydroxyl groups is 1. The van der Waals surface area contributed by atoms with Crippen molar-refractivity contribution in [2.24, 2.45) is 0 Å². The summed E-state index contributed by atoms with van der Waals surface area (Å²) in [5, 5.41) is 27.0. The van der Waals surface area contributed by atoms with Crippen molar-refractivity contribution < 1.29 is 24.9 Å². The predicted octanol–water partition coefficient (Wildman–Crippen LogP) is 1.54. The zero-order chi connectivity index (χ0) is 13.7. The van der Waals surface area contributed by atoms with Gasteiger partial charge in [-0.2, -0.15) is 0 Å². The normalized spacial score (nSPS) is 12.1. The van der Waals surface area contributed by atoms with Crippen LogP contribution < -0.4 is 0 Å². The molecule has 1 rings (SSSR count). The fourth-order valence-corrected chi connectivity index (χ4v) is 2.03. The summed E-state index contributed by atoms with van der Waals surface area (Å²) < 4.78 is 0. The lowest BCUT2D eigenvalue weighted by Crippen LogP contribution is -2.13. The van der Waals surface area contributed by atoms with Gasteiger partial charge in [-0.1, -0.05) is 6.07 Å². The van der Waals surface area contributed by atoms with Crippen LogP contribution in [0.25, 0.3) is 0 Å². The molecule has 0 fully saturated rings. The minimum absolute atomic E-state index is 0.100. The van der Waals surface area contributed by atoms with Gasteiger partial charge in [0, 0.05) is 11.3 Å². The summed E-state index contributed by atoms with van der Waals surface area (Å²) in [5.41, 5.74) is 0.806. The van der Waals surface area contributed by atoms with Crippen LogP contribution in [0, 0.1) is 0 Å². The van der Waals surface area contributed by atoms with Crippen molar-refractivity contribution in [3.05, 3.63) is 29.3 Å². The van der Waals surface area contributed by atoms with E-state index in [2.05, 4.69) is 0 Å². The number of carbonyl (C=O) groups is 2. The molecule has 1 atom stereocenters. The number of aliphatic hydroxyl groups excluding tert-OH is 1. The van der Waals surface area contributed by atoms with Gasteiger partial charge in [0.1, 0.15) is 0 Å². The lowest BCUT2D eigenvalue weighted by Gasteiger charge is -2.13. The van der Waals surface area contributed by atoms with E-state index in [1.165, 1.54) is 17.8 Å². The molecule has 0 aliphatic heterocycles. The SMILES string of the molecule is CSc1ccc(C(O)C(=O)O)c(CCC(=O)O)c1. The number of benzene rings is 1. The molecule has 0 heterocycles. The summed E-state index contributed by atoms with van der Waals surface area (Å²) in [6, 6.07) is 4.95. The first-order valence-corrected chi connectivity index (χ1v) is 6.47. The maximum Gasteiger partial charge on any atom is 0.337 e. The second kappa shape index (κ2) is 6.42. The van der Waals surface area contributed by atoms with Crippen molar-refractivity contribution in [1.29, 1.82) is 0 Å². The Morgan fingerprint density at radius 2 is 2.00 bits per heavy atom. The summed E-state index contributed by atoms with van der Waals surface area (Å²) in [4.78, 5) is 22.2. The minimum atomic E-state index is -1.62. The van der Waals surface area contributed by atoms with E-state index in [-0.39, 0.29) is 18.4 Å². The number of aryl methyl sites for hydroxylation is 1. The molecule has 18 heavy (non-hydrogen) atoms. The first-order valence-electron chi connectivity index (χ1n) is 5.25. The topological polar surface area (TPSA) is 94.8 Å². The Bertz CT molecular complexity index is 458. The second-order valence-corrected chi connectivity index (χ2v) is 4.58. The number of hydrogen-bond acceptors (Lipinski definition) is 4. The minimum Gasteiger partial charge on any atom is -0.481 e. The van der Waals surface area contributed by atoms with Gasteiger partial charge in [-0.25, -0.2) is 4.79 Å². The predicted molar refractivity (Wildman–Crippen MR) is 66.8 cm³/mol. The average molecular weight is 270 g/mol. The van der Waals surface area contributed by atoms with Gasteiger partial charge in [-0.3, -0.25) is 4.79 Å². The molecule has 0 aliphatic rings. The smallest absolute Gasteiger partial charge is 0.337 e. The molecule has 0 amide bonds. The highest BCUT2D eigenvalue weighted by Gasteiger charge is 2.20. The molecule has 0 bridgehead atoms. The first-order chi connectivity index (χ1) is 8.45. The first kappa shape index (κ1) is 14.5. The monoisotopic (exact) mass is 270 g/mol. The summed E-state index contributed by atoms with van der Waals surface area (Å²) in [6.45, 7) is 0. The van der Waals surface area contributed by atoms with Crippen molar-refractivity contribution in [2.75, 3.05) is 6.26 Å². The summed E-state index contributed by atoms with van der Waals surface area (Å²) in [5.74, 6) is -2.30. The van der Waals surface area contributed by atoms with Crippen LogP contribution in [-0.2, 0) is 16.0 Å². The highest BCUT2D eigenvalue weighted by atomic mass is 32.2. The highest BCUT2D eigenvalue weighted by Crippen LogP contribution is 2.25. The van der Waals surface area contributed by atoms with E-state index >= 15 is 0 Å². The fraction of sp³-hybridized carbons (Fsp3) is 0.333. The Morgan fingerprint density at radius 3 is 2.50 bits per heavy atom. The van der Waals surface area contributed by atoms with Crippen molar-refractivity contribution in [3.8, 4) is 0 Å². The molecule has 0 aliphatic carbocycles. The number of hydrogen-bond donors (Lipinski definition) is 3. The second-order valence-electron chi connectivity index (χ2n) is 3.70. The van der Waals surface area contributed by atoms with Gasteiger partial charge in [-0.05, 0) is 35.9 Å². The molecular weight excluding hydrogens is 256 g/mol. The van der Waals surface area contributed by atoms with E-state index in [4.69, 9.17) is 10.2 Å². The Balaban J connectivity index is 3.07. The molecule has 98 valence electrons. The molecular formula is C12H14O5S. The van der Waals surface area contributed by atoms with Gasteiger partial charge < -0.3 is 15.3 Å². The molecule has 3 N–H and O–H groups in total. The molecule has 6 heteroatoms. The third kappa shape index (κ3) is 3.75. The number of carboxylic acid groups (broad SMARTS) is 2. The zero-order valence-electron chi connectivity index (χ0n) is 9.79. The van der Waals surface area contributed by atoms with E-state index in [1.807, 2.05) is 6.26 Å². The molecule has 5 nitrogen and oxygen atoms in total. The van der Waals surface area contributed by atoms with Crippen LogP contribution in [0.3, 0.4) is 0 Å². The number of carboxylic acids is 2. The van der Waals surface area contributed by atoms with Crippen molar-refractivity contribution in [2.45, 2.75) is 23.8 Å². The van der Waals surface area contributed by atoms with Gasteiger partial charge in [0.2, 0.25) is 0 Å². The molecule has 0 saturated carbocycles. The molecule has 1 aromatic carbocycles. The fourth-order valence-electron chi connectivity index (χ4n) is 1.57. The quantitative estimate of drug-likeness (QED) is 0.679. The number of aliphatic carboxylic acids is 2. The number of rotatable bonds is 6. The van der Waals surface area contributed by atoms with Crippen LogP contribution in [0.5, 0.6) is 0 Å². The summed E-state index contributed by atoms with van der Waals surface area (Å²) in [6.07, 6.45) is 0.342. The van der Waals surface area contributed by atoms with Gasteiger partial charge in [-0.15, -0.1) is 11.8 Å². The number of thioether (sulfide) groups is 1. The van der Waals surface area contributed by atoms with Crippen LogP contribution in [-0.4, -0.2) is 33.5 Å². The lowest BCUT2D eigenvalue weighted by molar-refractivity contribution is -0.147. The Kier molecular flexibility index (Phi) is 5.18. The zero-order valence-corrected chi connectivity index (χ0v) is 10.6. The van der Waals surface area contributed by atoms with E-state index in [9.17, 15) is 14.7 Å². The van der Waals surface area contributed by atoms with E-state index in [1.54, 1.807) is 12.1 Å². The van der Waals surface area contributed by atoms with E-state index in [0.29, 0.717) is 5.56 Å². The molecule has 0 spiro atoms. The highest BCUT2D eigenvalue weighted by molar-refractivity contribution is 7.98. The van der Waals surface area contributed by atoms with Crippen molar-refractivity contribution in [3.63, 3.8) is 0 Å². The lowest BCUT2D eigenvalue weighted by atomic mass is 9.98. The van der Waals surface area contributed by atoms with Crippen LogP contribution in [0.15, 0.2) is 23.1 Å². The van der Waals surface area contributed by atoms with Crippen LogP contribution >= 0.6 is 11.8 Å². The van der Waals surface area contributed by atoms with Crippen LogP contribution in [0.2, 0.25) is 0 Å². The van der Waals surface area contributed by atoms with Gasteiger partial charge in [0.05, 0.1) is 0 Å². The van der Waals surface area contributed by atoms with Crippen LogP contribution in [0.1, 0.15) is 23.7 Å². The molecule has 0 aromatic heterocycles. The van der Waals surface area contributed by atoms with Crippen molar-refractivity contribution in [1.82, 2.24) is 0 Å². The molecule has 0 saturated heterocycles. The third-order valence-corrected chi connectivity index (χ3v) is 3.21. The Morgan fingerprint density at radius 1 is 1.33 bits per heavy atom. The maximum absolute atomic E-state index is 10.8. The largest absolute Gasteiger partial charge is 0.481 e. The standard InChI is InChI=1S/C12H14O5S/c1-18-8-3-4-9(11(15)12(16)17)7(6-8)2-5-10(13)14/h3-4,6,11,15H,2,5H2,1H3,(H,13,14)(H,16,17). The molecule has 1 aromatic rings.